The Morgan fingerprint density at radius 2 is 1.40 bits per heavy atom. The van der Waals surface area contributed by atoms with E-state index in [2.05, 4.69) is 30.3 Å². The van der Waals surface area contributed by atoms with Gasteiger partial charge in [0.25, 0.3) is 10.0 Å². The third-order valence-electron chi connectivity index (χ3n) is 5.60. The molecule has 4 aromatic rings. The van der Waals surface area contributed by atoms with E-state index in [1.54, 1.807) is 12.1 Å². The highest BCUT2D eigenvalue weighted by atomic mass is 32.2. The van der Waals surface area contributed by atoms with Crippen LogP contribution in [0.2, 0.25) is 0 Å². The molecule has 0 saturated heterocycles. The lowest BCUT2D eigenvalue weighted by Crippen LogP contribution is -2.33. The molecule has 0 bridgehead atoms. The highest BCUT2D eigenvalue weighted by Crippen LogP contribution is 2.42. The minimum atomic E-state index is -3.68. The number of sulfonamides is 1. The molecule has 148 valence electrons. The molecule has 0 saturated carbocycles. The van der Waals surface area contributed by atoms with Crippen LogP contribution in [-0.4, -0.2) is 8.42 Å². The molecular formula is C26H21NO2S. The predicted octanol–water partition coefficient (Wildman–Crippen LogP) is 6.04. The van der Waals surface area contributed by atoms with Crippen molar-refractivity contribution in [1.82, 2.24) is 0 Å². The van der Waals surface area contributed by atoms with Crippen LogP contribution in [-0.2, 0) is 16.6 Å². The van der Waals surface area contributed by atoms with E-state index >= 15 is 0 Å². The molecule has 0 atom stereocenters. The van der Waals surface area contributed by atoms with Gasteiger partial charge in [-0.25, -0.2) is 8.42 Å². The number of fused-ring (bicyclic) bond motifs is 3. The van der Waals surface area contributed by atoms with Crippen LogP contribution >= 0.6 is 0 Å². The van der Waals surface area contributed by atoms with Gasteiger partial charge in [-0.15, -0.1) is 0 Å². The van der Waals surface area contributed by atoms with Crippen LogP contribution in [0.3, 0.4) is 0 Å². The number of para-hydroxylation sites is 1. The number of hydrogen-bond donors (Lipinski definition) is 0. The first-order valence-corrected chi connectivity index (χ1v) is 11.4. The van der Waals surface area contributed by atoms with Gasteiger partial charge in [0.2, 0.25) is 0 Å². The average Bonchev–Trinajstić information content (AvgIpc) is 2.79. The van der Waals surface area contributed by atoms with Gasteiger partial charge in [0.1, 0.15) is 0 Å². The van der Waals surface area contributed by atoms with Crippen LogP contribution in [0.25, 0.3) is 22.3 Å². The molecule has 1 heterocycles. The first-order valence-electron chi connectivity index (χ1n) is 9.91. The van der Waals surface area contributed by atoms with Crippen molar-refractivity contribution in [3.63, 3.8) is 0 Å². The van der Waals surface area contributed by atoms with Crippen molar-refractivity contribution in [3.05, 3.63) is 108 Å². The highest BCUT2D eigenvalue weighted by Gasteiger charge is 2.31. The minimum absolute atomic E-state index is 0.309. The second-order valence-corrected chi connectivity index (χ2v) is 9.44. The third kappa shape index (κ3) is 3.10. The second kappa shape index (κ2) is 7.15. The van der Waals surface area contributed by atoms with Gasteiger partial charge >= 0.3 is 0 Å². The number of hydrogen-bond acceptors (Lipinski definition) is 2. The highest BCUT2D eigenvalue weighted by molar-refractivity contribution is 7.92. The fraction of sp³-hybridized carbons (Fsp3) is 0.0769. The molecule has 0 aliphatic carbocycles. The third-order valence-corrected chi connectivity index (χ3v) is 7.37. The number of anilines is 1. The molecule has 0 spiro atoms. The first-order chi connectivity index (χ1) is 14.5. The quantitative estimate of drug-likeness (QED) is 0.412. The van der Waals surface area contributed by atoms with Crippen molar-refractivity contribution >= 4 is 15.7 Å². The van der Waals surface area contributed by atoms with Gasteiger partial charge in [-0.05, 0) is 53.4 Å². The molecule has 0 amide bonds. The lowest BCUT2D eigenvalue weighted by atomic mass is 9.91. The van der Waals surface area contributed by atoms with Crippen LogP contribution in [0.1, 0.15) is 11.1 Å². The summed E-state index contributed by atoms with van der Waals surface area (Å²) in [7, 11) is -3.68. The largest absolute Gasteiger partial charge is 0.264 e. The van der Waals surface area contributed by atoms with Crippen LogP contribution in [0.15, 0.2) is 102 Å². The van der Waals surface area contributed by atoms with Crippen molar-refractivity contribution in [2.24, 2.45) is 0 Å². The second-order valence-electron chi connectivity index (χ2n) is 7.58. The zero-order valence-corrected chi connectivity index (χ0v) is 17.4. The van der Waals surface area contributed by atoms with Crippen molar-refractivity contribution in [2.75, 3.05) is 4.31 Å². The Labute approximate surface area is 177 Å². The van der Waals surface area contributed by atoms with Crippen LogP contribution in [0.4, 0.5) is 5.69 Å². The van der Waals surface area contributed by atoms with E-state index in [-0.39, 0.29) is 0 Å². The van der Waals surface area contributed by atoms with E-state index < -0.39 is 10.0 Å². The molecular weight excluding hydrogens is 390 g/mol. The zero-order chi connectivity index (χ0) is 20.7. The monoisotopic (exact) mass is 411 g/mol. The molecule has 1 aliphatic heterocycles. The summed E-state index contributed by atoms with van der Waals surface area (Å²) in [5, 5.41) is 0. The maximum absolute atomic E-state index is 13.6. The number of benzene rings is 4. The van der Waals surface area contributed by atoms with Crippen LogP contribution in [0.5, 0.6) is 0 Å². The number of aryl methyl sites for hydroxylation is 1. The van der Waals surface area contributed by atoms with Gasteiger partial charge in [0.15, 0.2) is 0 Å². The summed E-state index contributed by atoms with van der Waals surface area (Å²) in [5.74, 6) is 0. The maximum atomic E-state index is 13.6. The van der Waals surface area contributed by atoms with Gasteiger partial charge < -0.3 is 0 Å². The van der Waals surface area contributed by atoms with E-state index in [1.807, 2.05) is 61.5 Å². The predicted molar refractivity (Wildman–Crippen MR) is 122 cm³/mol. The topological polar surface area (TPSA) is 37.4 Å². The minimum Gasteiger partial charge on any atom is -0.261 e. The van der Waals surface area contributed by atoms with Crippen molar-refractivity contribution in [3.8, 4) is 22.3 Å². The van der Waals surface area contributed by atoms with Gasteiger partial charge in [-0.1, -0.05) is 78.4 Å². The smallest absolute Gasteiger partial charge is 0.261 e. The van der Waals surface area contributed by atoms with Crippen molar-refractivity contribution in [2.45, 2.75) is 18.4 Å². The molecule has 0 aromatic heterocycles. The van der Waals surface area contributed by atoms with Gasteiger partial charge in [0.05, 0.1) is 17.1 Å². The summed E-state index contributed by atoms with van der Waals surface area (Å²) in [6.07, 6.45) is 0. The average molecular weight is 412 g/mol. The van der Waals surface area contributed by atoms with Crippen LogP contribution < -0.4 is 4.31 Å². The van der Waals surface area contributed by atoms with Crippen molar-refractivity contribution in [1.29, 1.82) is 0 Å². The lowest BCUT2D eigenvalue weighted by molar-refractivity contribution is 0.590. The molecule has 0 radical (unpaired) electrons. The Balaban J connectivity index is 1.65. The van der Waals surface area contributed by atoms with E-state index in [1.165, 1.54) is 4.31 Å². The number of nitrogens with zero attached hydrogens (tertiary/aromatic N) is 1. The Kier molecular flexibility index (Phi) is 4.44. The van der Waals surface area contributed by atoms with E-state index in [9.17, 15) is 8.42 Å². The Bertz CT molecular complexity index is 1330. The Morgan fingerprint density at radius 3 is 2.17 bits per heavy atom. The lowest BCUT2D eigenvalue weighted by Gasteiger charge is -2.32. The van der Waals surface area contributed by atoms with Gasteiger partial charge in [-0.3, -0.25) is 4.31 Å². The molecule has 4 aromatic carbocycles. The summed E-state index contributed by atoms with van der Waals surface area (Å²) >= 11 is 0. The van der Waals surface area contributed by atoms with E-state index in [0.29, 0.717) is 11.4 Å². The fourth-order valence-electron chi connectivity index (χ4n) is 4.01. The zero-order valence-electron chi connectivity index (χ0n) is 16.6. The van der Waals surface area contributed by atoms with E-state index in [4.69, 9.17) is 0 Å². The maximum Gasteiger partial charge on any atom is 0.264 e. The first kappa shape index (κ1) is 18.6. The fourth-order valence-corrected chi connectivity index (χ4v) is 5.47. The molecule has 5 rings (SSSR count). The molecule has 3 nitrogen and oxygen atoms in total. The number of rotatable bonds is 3. The molecule has 0 fully saturated rings. The molecule has 1 aliphatic rings. The normalized spacial score (nSPS) is 12.9. The molecule has 0 N–H and O–H groups in total. The standard InChI is InChI=1S/C26H21NO2S/c1-19-11-14-23(15-12-19)30(28,29)27-18-22-17-21(20-7-3-2-4-8-20)13-16-24(22)25-9-5-6-10-26(25)27/h2-17H,18H2,1H3. The molecule has 4 heteroatoms. The summed E-state index contributed by atoms with van der Waals surface area (Å²) in [5.41, 5.74) is 6.98. The molecule has 0 unspecified atom stereocenters. The summed E-state index contributed by atoms with van der Waals surface area (Å²) in [4.78, 5) is 0.311. The SMILES string of the molecule is Cc1ccc(S(=O)(=O)N2Cc3cc(-c4ccccc4)ccc3-c3ccccc32)cc1. The van der Waals surface area contributed by atoms with Crippen LogP contribution in [0, 0.1) is 6.92 Å². The Morgan fingerprint density at radius 1 is 0.700 bits per heavy atom. The van der Waals surface area contributed by atoms with Gasteiger partial charge in [-0.2, -0.15) is 0 Å². The molecule has 30 heavy (non-hydrogen) atoms. The Hall–Kier alpha value is -3.37. The van der Waals surface area contributed by atoms with Gasteiger partial charge in [0, 0.05) is 5.56 Å². The summed E-state index contributed by atoms with van der Waals surface area (Å²) < 4.78 is 28.6. The summed E-state index contributed by atoms with van der Waals surface area (Å²) in [6, 6.07) is 31.2. The van der Waals surface area contributed by atoms with Crippen molar-refractivity contribution < 1.29 is 8.42 Å². The van der Waals surface area contributed by atoms with E-state index in [0.717, 1.165) is 39.1 Å². The summed E-state index contributed by atoms with van der Waals surface area (Å²) in [6.45, 7) is 2.26.